The number of hydrogen-bond donors (Lipinski definition) is 2. The quantitative estimate of drug-likeness (QED) is 0.710. The van der Waals surface area contributed by atoms with Crippen LogP contribution in [-0.4, -0.2) is 38.8 Å². The second kappa shape index (κ2) is 7.96. The van der Waals surface area contributed by atoms with Crippen molar-refractivity contribution in [2.75, 3.05) is 26.8 Å². The number of carbonyl (C=O) groups excluding carboxylic acids is 1. The fourth-order valence-electron chi connectivity index (χ4n) is 0.929. The Morgan fingerprint density at radius 3 is 2.71 bits per heavy atom. The van der Waals surface area contributed by atoms with Crippen LogP contribution in [0.2, 0.25) is 0 Å². The number of amides is 1. The molecule has 0 saturated carbocycles. The fourth-order valence-corrected chi connectivity index (χ4v) is 1.13. The van der Waals surface area contributed by atoms with Gasteiger partial charge >= 0.3 is 0 Å². The predicted molar refractivity (Wildman–Crippen MR) is 60.4 cm³/mol. The van der Waals surface area contributed by atoms with E-state index in [0.717, 1.165) is 4.48 Å². The molecule has 1 amide bonds. The zero-order chi connectivity index (χ0) is 11.0. The molecular formula is C9H17BrN2O2. The number of ether oxygens (including phenoxy) is 1. The average Bonchev–Trinajstić information content (AvgIpc) is 2.03. The van der Waals surface area contributed by atoms with Crippen LogP contribution >= 0.6 is 15.9 Å². The highest BCUT2D eigenvalue weighted by Gasteiger charge is 2.05. The van der Waals surface area contributed by atoms with Gasteiger partial charge in [0, 0.05) is 24.2 Å². The van der Waals surface area contributed by atoms with E-state index in [1.807, 2.05) is 6.92 Å². The topological polar surface area (TPSA) is 50.4 Å². The lowest BCUT2D eigenvalue weighted by molar-refractivity contribution is -0.121. The van der Waals surface area contributed by atoms with Crippen LogP contribution in [0.1, 0.15) is 6.92 Å². The molecule has 0 bridgehead atoms. The van der Waals surface area contributed by atoms with E-state index in [9.17, 15) is 4.79 Å². The van der Waals surface area contributed by atoms with Crippen molar-refractivity contribution in [3.63, 3.8) is 0 Å². The van der Waals surface area contributed by atoms with Crippen molar-refractivity contribution in [2.45, 2.75) is 13.0 Å². The standard InChI is InChI=1S/C9H17BrN2O2/c1-7(10)4-11-5-9(13)12-8(2)6-14-3/h8,11H,1,4-6H2,2-3H3,(H,12,13). The molecule has 1 atom stereocenters. The summed E-state index contributed by atoms with van der Waals surface area (Å²) in [7, 11) is 1.61. The SMILES string of the molecule is C=C(Br)CNCC(=O)NC(C)COC. The first kappa shape index (κ1) is 13.6. The van der Waals surface area contributed by atoms with Gasteiger partial charge in [-0.05, 0) is 6.92 Å². The van der Waals surface area contributed by atoms with Gasteiger partial charge in [0.05, 0.1) is 13.2 Å². The zero-order valence-corrected chi connectivity index (χ0v) is 10.2. The molecule has 1 unspecified atom stereocenters. The highest BCUT2D eigenvalue weighted by atomic mass is 79.9. The lowest BCUT2D eigenvalue weighted by Crippen LogP contribution is -2.41. The Kier molecular flexibility index (Phi) is 7.74. The van der Waals surface area contributed by atoms with Crippen molar-refractivity contribution >= 4 is 21.8 Å². The van der Waals surface area contributed by atoms with Gasteiger partial charge in [-0.25, -0.2) is 0 Å². The minimum atomic E-state index is -0.0386. The van der Waals surface area contributed by atoms with E-state index < -0.39 is 0 Å². The van der Waals surface area contributed by atoms with Gasteiger partial charge in [0.25, 0.3) is 0 Å². The molecule has 0 radical (unpaired) electrons. The van der Waals surface area contributed by atoms with Gasteiger partial charge < -0.3 is 15.4 Å². The number of rotatable bonds is 7. The van der Waals surface area contributed by atoms with Gasteiger partial charge in [-0.1, -0.05) is 22.5 Å². The molecule has 82 valence electrons. The maximum absolute atomic E-state index is 11.2. The first-order chi connectivity index (χ1) is 6.56. The Hall–Kier alpha value is -0.390. The zero-order valence-electron chi connectivity index (χ0n) is 8.60. The Balaban J connectivity index is 3.50. The molecule has 0 aromatic heterocycles. The summed E-state index contributed by atoms with van der Waals surface area (Å²) in [6.45, 7) is 6.94. The predicted octanol–water partition coefficient (Wildman–Crippen LogP) is 0.636. The maximum Gasteiger partial charge on any atom is 0.234 e. The number of hydrogen-bond acceptors (Lipinski definition) is 3. The van der Waals surface area contributed by atoms with Gasteiger partial charge in [-0.3, -0.25) is 4.79 Å². The van der Waals surface area contributed by atoms with Gasteiger partial charge in [0.1, 0.15) is 0 Å². The molecule has 2 N–H and O–H groups in total. The van der Waals surface area contributed by atoms with Crippen LogP contribution in [0.15, 0.2) is 11.1 Å². The maximum atomic E-state index is 11.2. The molecule has 0 aliphatic heterocycles. The molecule has 0 aliphatic rings. The molecule has 4 nitrogen and oxygen atoms in total. The fraction of sp³-hybridized carbons (Fsp3) is 0.667. The van der Waals surface area contributed by atoms with E-state index >= 15 is 0 Å². The summed E-state index contributed by atoms with van der Waals surface area (Å²) < 4.78 is 5.72. The third-order valence-corrected chi connectivity index (χ3v) is 1.71. The van der Waals surface area contributed by atoms with Crippen molar-refractivity contribution < 1.29 is 9.53 Å². The molecule has 0 fully saturated rings. The van der Waals surface area contributed by atoms with Crippen molar-refractivity contribution in [2.24, 2.45) is 0 Å². The molecule has 14 heavy (non-hydrogen) atoms. The van der Waals surface area contributed by atoms with Gasteiger partial charge in [-0.15, -0.1) is 0 Å². The minimum absolute atomic E-state index is 0.0386. The summed E-state index contributed by atoms with van der Waals surface area (Å²) in [4.78, 5) is 11.2. The van der Waals surface area contributed by atoms with Gasteiger partial charge in [-0.2, -0.15) is 0 Å². The molecule has 0 spiro atoms. The molecule has 5 heteroatoms. The van der Waals surface area contributed by atoms with E-state index in [1.54, 1.807) is 7.11 Å². The molecule has 0 aromatic carbocycles. The van der Waals surface area contributed by atoms with Crippen LogP contribution in [0.4, 0.5) is 0 Å². The molecule has 0 aromatic rings. The van der Waals surface area contributed by atoms with Gasteiger partial charge in [0.15, 0.2) is 0 Å². The number of methoxy groups -OCH3 is 1. The second-order valence-corrected chi connectivity index (χ2v) is 4.17. The summed E-state index contributed by atoms with van der Waals surface area (Å²) in [5.41, 5.74) is 0. The molecule has 0 saturated heterocycles. The molecule has 0 rings (SSSR count). The number of halogens is 1. The van der Waals surface area contributed by atoms with E-state index in [0.29, 0.717) is 19.7 Å². The van der Waals surface area contributed by atoms with Crippen molar-refractivity contribution in [3.05, 3.63) is 11.1 Å². The smallest absolute Gasteiger partial charge is 0.234 e. The molecule has 0 aliphatic carbocycles. The largest absolute Gasteiger partial charge is 0.383 e. The van der Waals surface area contributed by atoms with Crippen LogP contribution in [0, 0.1) is 0 Å². The monoisotopic (exact) mass is 264 g/mol. The third kappa shape index (κ3) is 8.22. The number of nitrogens with one attached hydrogen (secondary N) is 2. The Bertz CT molecular complexity index is 197. The van der Waals surface area contributed by atoms with Crippen molar-refractivity contribution in [1.29, 1.82) is 0 Å². The van der Waals surface area contributed by atoms with E-state index in [4.69, 9.17) is 4.74 Å². The third-order valence-electron chi connectivity index (χ3n) is 1.43. The lowest BCUT2D eigenvalue weighted by atomic mass is 10.3. The first-order valence-electron chi connectivity index (χ1n) is 4.38. The van der Waals surface area contributed by atoms with Crippen molar-refractivity contribution in [1.82, 2.24) is 10.6 Å². The van der Waals surface area contributed by atoms with Crippen LogP contribution in [0.3, 0.4) is 0 Å². The summed E-state index contributed by atoms with van der Waals surface area (Å²) >= 11 is 3.19. The van der Waals surface area contributed by atoms with Crippen LogP contribution in [0.5, 0.6) is 0 Å². The average molecular weight is 265 g/mol. The van der Waals surface area contributed by atoms with E-state index in [1.165, 1.54) is 0 Å². The highest BCUT2D eigenvalue weighted by molar-refractivity contribution is 9.11. The molecular weight excluding hydrogens is 248 g/mol. The lowest BCUT2D eigenvalue weighted by Gasteiger charge is -2.12. The highest BCUT2D eigenvalue weighted by Crippen LogP contribution is 1.95. The summed E-state index contributed by atoms with van der Waals surface area (Å²) in [6, 6.07) is 0.0430. The normalized spacial score (nSPS) is 12.2. The van der Waals surface area contributed by atoms with E-state index in [-0.39, 0.29) is 11.9 Å². The summed E-state index contributed by atoms with van der Waals surface area (Å²) in [5.74, 6) is -0.0386. The van der Waals surface area contributed by atoms with Crippen molar-refractivity contribution in [3.8, 4) is 0 Å². The summed E-state index contributed by atoms with van der Waals surface area (Å²) in [6.07, 6.45) is 0. The van der Waals surface area contributed by atoms with Crippen LogP contribution in [0.25, 0.3) is 0 Å². The second-order valence-electron chi connectivity index (χ2n) is 3.04. The Morgan fingerprint density at radius 2 is 2.21 bits per heavy atom. The molecule has 0 heterocycles. The van der Waals surface area contributed by atoms with Crippen LogP contribution in [-0.2, 0) is 9.53 Å². The minimum Gasteiger partial charge on any atom is -0.383 e. The van der Waals surface area contributed by atoms with E-state index in [2.05, 4.69) is 33.1 Å². The first-order valence-corrected chi connectivity index (χ1v) is 5.18. The Labute approximate surface area is 93.2 Å². The van der Waals surface area contributed by atoms with Crippen LogP contribution < -0.4 is 10.6 Å². The number of carbonyl (C=O) groups is 1. The van der Waals surface area contributed by atoms with Gasteiger partial charge in [0.2, 0.25) is 5.91 Å². The Morgan fingerprint density at radius 1 is 1.57 bits per heavy atom. The summed E-state index contributed by atoms with van der Waals surface area (Å²) in [5, 5.41) is 5.72.